The van der Waals surface area contributed by atoms with E-state index in [1.54, 1.807) is 14.0 Å². The number of hydrogen-bond donors (Lipinski definition) is 2. The van der Waals surface area contributed by atoms with E-state index in [1.165, 1.54) is 0 Å². The molecule has 1 atom stereocenters. The zero-order chi connectivity index (χ0) is 12.2. The lowest BCUT2D eigenvalue weighted by Crippen LogP contribution is -2.36. The van der Waals surface area contributed by atoms with Crippen LogP contribution < -0.4 is 5.32 Å². The van der Waals surface area contributed by atoms with Gasteiger partial charge in [-0.25, -0.2) is 0 Å². The first-order chi connectivity index (χ1) is 7.68. The molecule has 16 heavy (non-hydrogen) atoms. The molecule has 2 N–H and O–H groups in total. The summed E-state index contributed by atoms with van der Waals surface area (Å²) in [6.45, 7) is 4.77. The lowest BCUT2D eigenvalue weighted by Gasteiger charge is -2.09. The molecule has 0 heterocycles. The average Bonchev–Trinajstić information content (AvgIpc) is 2.26. The number of hydrogen-bond acceptors (Lipinski definition) is 5. The van der Waals surface area contributed by atoms with Crippen LogP contribution in [0.2, 0.25) is 0 Å². The summed E-state index contributed by atoms with van der Waals surface area (Å²) in [5.41, 5.74) is 0. The Morgan fingerprint density at radius 3 is 2.31 bits per heavy atom. The number of carboxylic acids is 1. The van der Waals surface area contributed by atoms with Crippen LogP contribution in [-0.2, 0) is 19.0 Å². The molecule has 0 aromatic heterocycles. The molecule has 0 saturated carbocycles. The SMILES string of the molecule is COCCOCCOCCN[C@@H](C)C(=O)O. The van der Waals surface area contributed by atoms with Crippen LogP contribution >= 0.6 is 0 Å². The Morgan fingerprint density at radius 2 is 1.75 bits per heavy atom. The number of methoxy groups -OCH3 is 1. The van der Waals surface area contributed by atoms with Gasteiger partial charge in [-0.1, -0.05) is 0 Å². The normalized spacial score (nSPS) is 12.6. The van der Waals surface area contributed by atoms with Crippen molar-refractivity contribution in [2.45, 2.75) is 13.0 Å². The smallest absolute Gasteiger partial charge is 0.320 e. The van der Waals surface area contributed by atoms with Gasteiger partial charge in [0.1, 0.15) is 6.04 Å². The van der Waals surface area contributed by atoms with E-state index in [1.807, 2.05) is 0 Å². The molecule has 0 amide bonds. The molecule has 0 spiro atoms. The first-order valence-corrected chi connectivity index (χ1v) is 5.29. The van der Waals surface area contributed by atoms with Crippen LogP contribution in [0.5, 0.6) is 0 Å². The molecule has 96 valence electrons. The van der Waals surface area contributed by atoms with Gasteiger partial charge in [0.15, 0.2) is 0 Å². The highest BCUT2D eigenvalue weighted by atomic mass is 16.5. The van der Waals surface area contributed by atoms with Crippen molar-refractivity contribution in [2.24, 2.45) is 0 Å². The third-order valence-corrected chi connectivity index (χ3v) is 1.87. The van der Waals surface area contributed by atoms with Crippen LogP contribution in [0, 0.1) is 0 Å². The molecule has 0 unspecified atom stereocenters. The molecule has 0 aromatic carbocycles. The fourth-order valence-corrected chi connectivity index (χ4v) is 0.899. The molecule has 6 nitrogen and oxygen atoms in total. The van der Waals surface area contributed by atoms with E-state index < -0.39 is 12.0 Å². The van der Waals surface area contributed by atoms with Gasteiger partial charge in [-0.05, 0) is 6.92 Å². The lowest BCUT2D eigenvalue weighted by atomic mass is 10.3. The van der Waals surface area contributed by atoms with E-state index in [2.05, 4.69) is 5.32 Å². The Hall–Kier alpha value is -0.690. The zero-order valence-corrected chi connectivity index (χ0v) is 9.90. The van der Waals surface area contributed by atoms with Crippen LogP contribution in [0.25, 0.3) is 0 Å². The number of nitrogens with one attached hydrogen (secondary N) is 1. The summed E-state index contributed by atoms with van der Waals surface area (Å²) in [5.74, 6) is -0.858. The highest BCUT2D eigenvalue weighted by Crippen LogP contribution is 1.82. The predicted octanol–water partition coefficient (Wildman–Crippen LogP) is -0.271. The maximum absolute atomic E-state index is 10.4. The topological polar surface area (TPSA) is 77.0 Å². The second kappa shape index (κ2) is 10.8. The van der Waals surface area contributed by atoms with Crippen LogP contribution in [0.4, 0.5) is 0 Å². The molecule has 0 aliphatic heterocycles. The van der Waals surface area contributed by atoms with Gasteiger partial charge in [-0.2, -0.15) is 0 Å². The second-order valence-corrected chi connectivity index (χ2v) is 3.23. The van der Waals surface area contributed by atoms with Crippen LogP contribution in [0.3, 0.4) is 0 Å². The third-order valence-electron chi connectivity index (χ3n) is 1.87. The molecule has 0 aliphatic rings. The van der Waals surface area contributed by atoms with Crippen molar-refractivity contribution in [3.05, 3.63) is 0 Å². The van der Waals surface area contributed by atoms with Gasteiger partial charge in [0.2, 0.25) is 0 Å². The summed E-state index contributed by atoms with van der Waals surface area (Å²) in [7, 11) is 1.62. The summed E-state index contributed by atoms with van der Waals surface area (Å²) < 4.78 is 15.2. The van der Waals surface area contributed by atoms with Crippen LogP contribution in [-0.4, -0.2) is 63.8 Å². The summed E-state index contributed by atoms with van der Waals surface area (Å²) >= 11 is 0. The zero-order valence-electron chi connectivity index (χ0n) is 9.90. The van der Waals surface area contributed by atoms with Gasteiger partial charge in [0, 0.05) is 13.7 Å². The van der Waals surface area contributed by atoms with Crippen molar-refractivity contribution in [3.63, 3.8) is 0 Å². The summed E-state index contributed by atoms with van der Waals surface area (Å²) in [5, 5.41) is 11.4. The van der Waals surface area contributed by atoms with E-state index in [-0.39, 0.29) is 0 Å². The average molecular weight is 235 g/mol. The monoisotopic (exact) mass is 235 g/mol. The summed E-state index contributed by atoms with van der Waals surface area (Å²) in [6.07, 6.45) is 0. The predicted molar refractivity (Wildman–Crippen MR) is 58.6 cm³/mol. The summed E-state index contributed by atoms with van der Waals surface area (Å²) in [6, 6.07) is -0.540. The quantitative estimate of drug-likeness (QED) is 0.480. The Labute approximate surface area is 95.9 Å². The molecule has 0 aromatic rings. The van der Waals surface area contributed by atoms with Gasteiger partial charge in [0.05, 0.1) is 33.0 Å². The van der Waals surface area contributed by atoms with Crippen molar-refractivity contribution < 1.29 is 24.1 Å². The number of ether oxygens (including phenoxy) is 3. The maximum atomic E-state index is 10.4. The standard InChI is InChI=1S/C10H21NO5/c1-9(10(12)13)11-3-4-15-7-8-16-6-5-14-2/h9,11H,3-8H2,1-2H3,(H,12,13)/t9-/m0/s1. The minimum atomic E-state index is -0.858. The van der Waals surface area contributed by atoms with Crippen molar-refractivity contribution in [3.8, 4) is 0 Å². The number of rotatable bonds is 11. The highest BCUT2D eigenvalue weighted by Gasteiger charge is 2.07. The largest absolute Gasteiger partial charge is 0.480 e. The molecular formula is C10H21NO5. The van der Waals surface area contributed by atoms with E-state index in [0.29, 0.717) is 39.6 Å². The maximum Gasteiger partial charge on any atom is 0.320 e. The van der Waals surface area contributed by atoms with Crippen molar-refractivity contribution in [1.82, 2.24) is 5.32 Å². The highest BCUT2D eigenvalue weighted by molar-refractivity contribution is 5.72. The molecule has 0 rings (SSSR count). The van der Waals surface area contributed by atoms with Crippen LogP contribution in [0.15, 0.2) is 0 Å². The molecule has 0 aliphatic carbocycles. The van der Waals surface area contributed by atoms with Gasteiger partial charge >= 0.3 is 5.97 Å². The Balaban J connectivity index is 3.07. The molecule has 0 saturated heterocycles. The van der Waals surface area contributed by atoms with Crippen molar-refractivity contribution in [1.29, 1.82) is 0 Å². The van der Waals surface area contributed by atoms with Gasteiger partial charge < -0.3 is 24.6 Å². The molecule has 0 bridgehead atoms. The van der Waals surface area contributed by atoms with E-state index in [9.17, 15) is 4.79 Å². The fourth-order valence-electron chi connectivity index (χ4n) is 0.899. The minimum Gasteiger partial charge on any atom is -0.480 e. The Morgan fingerprint density at radius 1 is 1.19 bits per heavy atom. The van der Waals surface area contributed by atoms with E-state index >= 15 is 0 Å². The number of aliphatic carboxylic acids is 1. The van der Waals surface area contributed by atoms with Crippen LogP contribution in [0.1, 0.15) is 6.92 Å². The van der Waals surface area contributed by atoms with E-state index in [0.717, 1.165) is 0 Å². The minimum absolute atomic E-state index is 0.477. The first-order valence-electron chi connectivity index (χ1n) is 5.29. The summed E-state index contributed by atoms with van der Waals surface area (Å²) in [4.78, 5) is 10.4. The Kier molecular flexibility index (Phi) is 10.3. The third kappa shape index (κ3) is 9.85. The molecule has 0 radical (unpaired) electrons. The van der Waals surface area contributed by atoms with Gasteiger partial charge in [-0.3, -0.25) is 4.79 Å². The molecular weight excluding hydrogens is 214 g/mol. The van der Waals surface area contributed by atoms with Gasteiger partial charge in [0.25, 0.3) is 0 Å². The first kappa shape index (κ1) is 15.3. The molecule has 0 fully saturated rings. The van der Waals surface area contributed by atoms with Crippen molar-refractivity contribution >= 4 is 5.97 Å². The molecule has 6 heteroatoms. The fraction of sp³-hybridized carbons (Fsp3) is 0.900. The second-order valence-electron chi connectivity index (χ2n) is 3.23. The lowest BCUT2D eigenvalue weighted by molar-refractivity contribution is -0.139. The Bertz CT molecular complexity index is 177. The van der Waals surface area contributed by atoms with Gasteiger partial charge in [-0.15, -0.1) is 0 Å². The van der Waals surface area contributed by atoms with E-state index in [4.69, 9.17) is 19.3 Å². The number of carboxylic acid groups (broad SMARTS) is 1. The van der Waals surface area contributed by atoms with Crippen molar-refractivity contribution in [2.75, 3.05) is 46.7 Å². The number of carbonyl (C=O) groups is 1.